The van der Waals surface area contributed by atoms with Crippen molar-refractivity contribution in [2.45, 2.75) is 13.8 Å². The third-order valence-electron chi connectivity index (χ3n) is 1.31. The molecule has 0 saturated heterocycles. The lowest BCUT2D eigenvalue weighted by atomic mass is 10.2. The zero-order chi connectivity index (χ0) is 10.5. The van der Waals surface area contributed by atoms with E-state index in [1.807, 2.05) is 0 Å². The van der Waals surface area contributed by atoms with Crippen LogP contribution in [0, 0.1) is 5.92 Å². The van der Waals surface area contributed by atoms with Crippen LogP contribution in [0.2, 0.25) is 0 Å². The molecule has 0 aliphatic carbocycles. The Morgan fingerprint density at radius 3 is 2.23 bits per heavy atom. The Kier molecular flexibility index (Phi) is 4.94. The average molecular weight is 208 g/mol. The van der Waals surface area contributed by atoms with Crippen LogP contribution in [0.15, 0.2) is 0 Å². The monoisotopic (exact) mass is 208 g/mol. The first-order chi connectivity index (χ1) is 5.83. The van der Waals surface area contributed by atoms with Gasteiger partial charge in [0.2, 0.25) is 15.9 Å². The van der Waals surface area contributed by atoms with Crippen molar-refractivity contribution < 1.29 is 13.2 Å². The minimum atomic E-state index is -3.14. The Bertz CT molecular complexity index is 259. The Balaban J connectivity index is 3.53. The van der Waals surface area contributed by atoms with Crippen LogP contribution in [0.5, 0.6) is 0 Å². The van der Waals surface area contributed by atoms with Crippen molar-refractivity contribution in [2.24, 2.45) is 5.92 Å². The summed E-state index contributed by atoms with van der Waals surface area (Å²) < 4.78 is 23.4. The maximum absolute atomic E-state index is 11.0. The molecule has 1 amide bonds. The molecule has 0 radical (unpaired) electrons. The number of hydrogen-bond acceptors (Lipinski definition) is 3. The van der Waals surface area contributed by atoms with Crippen LogP contribution in [-0.2, 0) is 14.8 Å². The molecule has 0 saturated carbocycles. The van der Waals surface area contributed by atoms with Gasteiger partial charge in [0, 0.05) is 19.0 Å². The van der Waals surface area contributed by atoms with Crippen LogP contribution in [0.3, 0.4) is 0 Å². The van der Waals surface area contributed by atoms with Crippen LogP contribution in [0.1, 0.15) is 13.8 Å². The molecule has 0 fully saturated rings. The molecule has 0 heterocycles. The molecule has 0 bridgehead atoms. The van der Waals surface area contributed by atoms with E-state index in [9.17, 15) is 13.2 Å². The second kappa shape index (κ2) is 5.18. The van der Waals surface area contributed by atoms with E-state index in [2.05, 4.69) is 10.0 Å². The van der Waals surface area contributed by atoms with Crippen molar-refractivity contribution in [3.05, 3.63) is 0 Å². The van der Waals surface area contributed by atoms with Gasteiger partial charge < -0.3 is 5.32 Å². The van der Waals surface area contributed by atoms with E-state index < -0.39 is 10.0 Å². The minimum absolute atomic E-state index is 0.0711. The zero-order valence-electron chi connectivity index (χ0n) is 8.12. The SMILES string of the molecule is CC(C)C(=O)NCCNS(C)(=O)=O. The molecule has 0 aliphatic heterocycles. The predicted molar refractivity (Wildman–Crippen MR) is 50.7 cm³/mol. The first kappa shape index (κ1) is 12.4. The maximum atomic E-state index is 11.0. The molecular weight excluding hydrogens is 192 g/mol. The molecule has 6 heteroatoms. The molecule has 0 aromatic heterocycles. The maximum Gasteiger partial charge on any atom is 0.222 e. The van der Waals surface area contributed by atoms with Crippen molar-refractivity contribution in [2.75, 3.05) is 19.3 Å². The third-order valence-corrected chi connectivity index (χ3v) is 2.04. The fourth-order valence-electron chi connectivity index (χ4n) is 0.626. The first-order valence-electron chi connectivity index (χ1n) is 4.05. The standard InChI is InChI=1S/C7H16N2O3S/c1-6(2)7(10)8-4-5-9-13(3,11)12/h6,9H,4-5H2,1-3H3,(H,8,10). The van der Waals surface area contributed by atoms with Crippen LogP contribution in [0.25, 0.3) is 0 Å². The normalized spacial score (nSPS) is 11.7. The van der Waals surface area contributed by atoms with Crippen LogP contribution in [-0.4, -0.2) is 33.7 Å². The number of carbonyl (C=O) groups excluding carboxylic acids is 1. The Labute approximate surface area is 79.0 Å². The van der Waals surface area contributed by atoms with E-state index in [0.29, 0.717) is 6.54 Å². The van der Waals surface area contributed by atoms with E-state index in [-0.39, 0.29) is 18.4 Å². The minimum Gasteiger partial charge on any atom is -0.355 e. The van der Waals surface area contributed by atoms with Gasteiger partial charge in [-0.25, -0.2) is 13.1 Å². The van der Waals surface area contributed by atoms with E-state index in [4.69, 9.17) is 0 Å². The molecule has 0 rings (SSSR count). The number of nitrogens with one attached hydrogen (secondary N) is 2. The van der Waals surface area contributed by atoms with Gasteiger partial charge in [-0.3, -0.25) is 4.79 Å². The van der Waals surface area contributed by atoms with E-state index in [0.717, 1.165) is 6.26 Å². The van der Waals surface area contributed by atoms with Gasteiger partial charge in [0.25, 0.3) is 0 Å². The highest BCUT2D eigenvalue weighted by Gasteiger charge is 2.05. The summed E-state index contributed by atoms with van der Waals surface area (Å²) in [6, 6.07) is 0. The van der Waals surface area contributed by atoms with Gasteiger partial charge in [0.15, 0.2) is 0 Å². The lowest BCUT2D eigenvalue weighted by Crippen LogP contribution is -2.35. The molecule has 0 aliphatic rings. The summed E-state index contributed by atoms with van der Waals surface area (Å²) in [7, 11) is -3.14. The molecule has 0 aromatic rings. The second-order valence-corrected chi connectivity index (χ2v) is 4.95. The van der Waals surface area contributed by atoms with Gasteiger partial charge >= 0.3 is 0 Å². The van der Waals surface area contributed by atoms with Crippen molar-refractivity contribution in [1.29, 1.82) is 0 Å². The molecule has 5 nitrogen and oxygen atoms in total. The van der Waals surface area contributed by atoms with Gasteiger partial charge in [0.05, 0.1) is 6.26 Å². The molecule has 2 N–H and O–H groups in total. The van der Waals surface area contributed by atoms with Gasteiger partial charge in [-0.2, -0.15) is 0 Å². The van der Waals surface area contributed by atoms with E-state index >= 15 is 0 Å². The molecule has 0 spiro atoms. The number of rotatable bonds is 5. The van der Waals surface area contributed by atoms with E-state index in [1.54, 1.807) is 13.8 Å². The molecule has 0 aromatic carbocycles. The van der Waals surface area contributed by atoms with Crippen molar-refractivity contribution >= 4 is 15.9 Å². The third kappa shape index (κ3) is 7.73. The average Bonchev–Trinajstić information content (AvgIpc) is 1.95. The second-order valence-electron chi connectivity index (χ2n) is 3.11. The number of hydrogen-bond donors (Lipinski definition) is 2. The molecule has 0 atom stereocenters. The lowest BCUT2D eigenvalue weighted by Gasteiger charge is -2.07. The quantitative estimate of drug-likeness (QED) is 0.587. The van der Waals surface area contributed by atoms with Crippen LogP contribution >= 0.6 is 0 Å². The van der Waals surface area contributed by atoms with Gasteiger partial charge in [-0.1, -0.05) is 13.8 Å². The molecular formula is C7H16N2O3S. The van der Waals surface area contributed by atoms with Crippen molar-refractivity contribution in [3.63, 3.8) is 0 Å². The van der Waals surface area contributed by atoms with Crippen molar-refractivity contribution in [3.8, 4) is 0 Å². The first-order valence-corrected chi connectivity index (χ1v) is 5.94. The fraction of sp³-hybridized carbons (Fsp3) is 0.857. The smallest absolute Gasteiger partial charge is 0.222 e. The predicted octanol–water partition coefficient (Wildman–Crippen LogP) is -0.692. The molecule has 0 unspecified atom stereocenters. The number of amides is 1. The van der Waals surface area contributed by atoms with E-state index in [1.165, 1.54) is 0 Å². The highest BCUT2D eigenvalue weighted by atomic mass is 32.2. The van der Waals surface area contributed by atoms with Crippen molar-refractivity contribution in [1.82, 2.24) is 10.0 Å². The fourth-order valence-corrected chi connectivity index (χ4v) is 1.10. The van der Waals surface area contributed by atoms with Gasteiger partial charge in [0.1, 0.15) is 0 Å². The highest BCUT2D eigenvalue weighted by molar-refractivity contribution is 7.88. The largest absolute Gasteiger partial charge is 0.355 e. The summed E-state index contributed by atoms with van der Waals surface area (Å²) in [6.07, 6.45) is 1.08. The Hall–Kier alpha value is -0.620. The summed E-state index contributed by atoms with van der Waals surface area (Å²) in [5.41, 5.74) is 0. The summed E-state index contributed by atoms with van der Waals surface area (Å²) in [6.45, 7) is 4.11. The number of sulfonamides is 1. The molecule has 13 heavy (non-hydrogen) atoms. The highest BCUT2D eigenvalue weighted by Crippen LogP contribution is 1.88. The van der Waals surface area contributed by atoms with Gasteiger partial charge in [-0.15, -0.1) is 0 Å². The lowest BCUT2D eigenvalue weighted by molar-refractivity contribution is -0.123. The summed E-state index contributed by atoms with van der Waals surface area (Å²) in [5.74, 6) is -0.145. The molecule has 78 valence electrons. The topological polar surface area (TPSA) is 75.3 Å². The van der Waals surface area contributed by atoms with Crippen LogP contribution < -0.4 is 10.0 Å². The summed E-state index contributed by atoms with van der Waals surface area (Å²) in [5, 5.41) is 2.59. The number of carbonyl (C=O) groups is 1. The summed E-state index contributed by atoms with van der Waals surface area (Å²) in [4.78, 5) is 11.0. The van der Waals surface area contributed by atoms with Crippen LogP contribution in [0.4, 0.5) is 0 Å². The summed E-state index contributed by atoms with van der Waals surface area (Å²) >= 11 is 0. The Morgan fingerprint density at radius 2 is 1.85 bits per heavy atom. The zero-order valence-corrected chi connectivity index (χ0v) is 8.94. The Morgan fingerprint density at radius 1 is 1.31 bits per heavy atom. The van der Waals surface area contributed by atoms with Gasteiger partial charge in [-0.05, 0) is 0 Å².